The number of hydrogen-bond donors (Lipinski definition) is 0. The first kappa shape index (κ1) is 9.05. The first-order chi connectivity index (χ1) is 6.47. The molecule has 0 amide bonds. The van der Waals surface area contributed by atoms with Crippen LogP contribution in [0.3, 0.4) is 0 Å². The minimum Gasteiger partial charge on any atom is -0.0810 e. The molecule has 0 aliphatic heterocycles. The van der Waals surface area contributed by atoms with Gasteiger partial charge in [0.2, 0.25) is 0 Å². The van der Waals surface area contributed by atoms with Crippen molar-refractivity contribution in [1.82, 2.24) is 0 Å². The molecule has 0 saturated carbocycles. The maximum atomic E-state index is 3.56. The Morgan fingerprint density at radius 2 is 1.85 bits per heavy atom. The van der Waals surface area contributed by atoms with Crippen LogP contribution in [0.4, 0.5) is 0 Å². The molecule has 2 aliphatic carbocycles. The molecular weight excluding hydrogens is 156 g/mol. The molecular formula is C13H19. The maximum absolute atomic E-state index is 3.56. The summed E-state index contributed by atoms with van der Waals surface area (Å²) >= 11 is 0. The Morgan fingerprint density at radius 3 is 2.69 bits per heavy atom. The quantitative estimate of drug-likeness (QED) is 0.561. The van der Waals surface area contributed by atoms with Crippen LogP contribution in [0.15, 0.2) is 17.2 Å². The Labute approximate surface area is 81.7 Å². The highest BCUT2D eigenvalue weighted by Crippen LogP contribution is 2.29. The molecule has 13 heavy (non-hydrogen) atoms. The summed E-state index contributed by atoms with van der Waals surface area (Å²) in [6, 6.07) is 0. The summed E-state index contributed by atoms with van der Waals surface area (Å²) in [7, 11) is 0. The van der Waals surface area contributed by atoms with Gasteiger partial charge in [-0.15, -0.1) is 0 Å². The van der Waals surface area contributed by atoms with Gasteiger partial charge < -0.3 is 0 Å². The van der Waals surface area contributed by atoms with E-state index in [9.17, 15) is 0 Å². The van der Waals surface area contributed by atoms with Gasteiger partial charge in [-0.25, -0.2) is 0 Å². The fraction of sp³-hybridized carbons (Fsp3) is 0.692. The lowest BCUT2D eigenvalue weighted by Crippen LogP contribution is -1.96. The average molecular weight is 175 g/mol. The lowest BCUT2D eigenvalue weighted by Gasteiger charge is -2.14. The lowest BCUT2D eigenvalue weighted by atomic mass is 9.91. The highest BCUT2D eigenvalue weighted by molar-refractivity contribution is 5.30. The first-order valence-corrected chi connectivity index (χ1v) is 5.76. The van der Waals surface area contributed by atoms with Crippen molar-refractivity contribution in [3.63, 3.8) is 0 Å². The highest BCUT2D eigenvalue weighted by atomic mass is 14.2. The van der Waals surface area contributed by atoms with Crippen LogP contribution in [0.5, 0.6) is 0 Å². The molecule has 2 rings (SSSR count). The van der Waals surface area contributed by atoms with Crippen molar-refractivity contribution in [2.75, 3.05) is 0 Å². The summed E-state index contributed by atoms with van der Waals surface area (Å²) < 4.78 is 0. The van der Waals surface area contributed by atoms with E-state index in [0.29, 0.717) is 0 Å². The van der Waals surface area contributed by atoms with Crippen molar-refractivity contribution in [1.29, 1.82) is 0 Å². The van der Waals surface area contributed by atoms with E-state index in [4.69, 9.17) is 0 Å². The number of allylic oxidation sites excluding steroid dienone is 4. The normalized spacial score (nSPS) is 24.6. The maximum Gasteiger partial charge on any atom is -0.0273 e. The van der Waals surface area contributed by atoms with Crippen molar-refractivity contribution in [2.24, 2.45) is 0 Å². The van der Waals surface area contributed by atoms with Gasteiger partial charge >= 0.3 is 0 Å². The van der Waals surface area contributed by atoms with Gasteiger partial charge in [-0.2, -0.15) is 0 Å². The van der Waals surface area contributed by atoms with Crippen LogP contribution in [0, 0.1) is 6.08 Å². The lowest BCUT2D eigenvalue weighted by molar-refractivity contribution is 0.676. The second-order valence-electron chi connectivity index (χ2n) is 4.19. The van der Waals surface area contributed by atoms with Crippen molar-refractivity contribution in [3.8, 4) is 0 Å². The number of rotatable bonds is 1. The van der Waals surface area contributed by atoms with E-state index < -0.39 is 0 Å². The Bertz CT molecular complexity index is 220. The molecule has 0 N–H and O–H groups in total. The zero-order chi connectivity index (χ0) is 8.93. The van der Waals surface area contributed by atoms with Crippen LogP contribution in [-0.4, -0.2) is 0 Å². The summed E-state index contributed by atoms with van der Waals surface area (Å²) in [5.41, 5.74) is 3.20. The standard InChI is InChI=1S/C13H19/c1-2-5-9-12(8-4-1)13-10-6-3-7-11-13/h8H,1-7,9-10H2. The number of hydrogen-bond acceptors (Lipinski definition) is 0. The molecule has 0 unspecified atom stereocenters. The summed E-state index contributed by atoms with van der Waals surface area (Å²) in [4.78, 5) is 0. The van der Waals surface area contributed by atoms with Gasteiger partial charge in [-0.1, -0.05) is 12.5 Å². The molecule has 0 aromatic rings. The minimum atomic E-state index is 1.20. The van der Waals surface area contributed by atoms with E-state index in [1.165, 1.54) is 57.8 Å². The van der Waals surface area contributed by atoms with Gasteiger partial charge in [-0.3, -0.25) is 0 Å². The van der Waals surface area contributed by atoms with Crippen LogP contribution >= 0.6 is 0 Å². The molecule has 0 spiro atoms. The van der Waals surface area contributed by atoms with Gasteiger partial charge in [0.15, 0.2) is 0 Å². The second-order valence-corrected chi connectivity index (χ2v) is 4.19. The SMILES string of the molecule is [C]1=C(C2=CCCCCC2)CCCC1. The Morgan fingerprint density at radius 1 is 0.923 bits per heavy atom. The largest absolute Gasteiger partial charge is 0.0810 e. The minimum absolute atomic E-state index is 1.20. The van der Waals surface area contributed by atoms with Crippen molar-refractivity contribution >= 4 is 0 Å². The summed E-state index contributed by atoms with van der Waals surface area (Å²) in [5, 5.41) is 0. The summed E-state index contributed by atoms with van der Waals surface area (Å²) in [5.74, 6) is 0. The fourth-order valence-electron chi connectivity index (χ4n) is 2.32. The molecule has 0 saturated heterocycles. The molecule has 0 aromatic carbocycles. The molecule has 0 heteroatoms. The molecule has 71 valence electrons. The highest BCUT2D eigenvalue weighted by Gasteiger charge is 2.10. The Kier molecular flexibility index (Phi) is 3.23. The van der Waals surface area contributed by atoms with E-state index in [0.717, 1.165) is 0 Å². The van der Waals surface area contributed by atoms with Crippen LogP contribution in [0.2, 0.25) is 0 Å². The predicted molar refractivity (Wildman–Crippen MR) is 56.4 cm³/mol. The predicted octanol–water partition coefficient (Wildman–Crippen LogP) is 4.18. The van der Waals surface area contributed by atoms with Crippen LogP contribution in [0.25, 0.3) is 0 Å². The van der Waals surface area contributed by atoms with Crippen molar-refractivity contribution in [3.05, 3.63) is 23.3 Å². The third-order valence-corrected chi connectivity index (χ3v) is 3.12. The second kappa shape index (κ2) is 4.64. The van der Waals surface area contributed by atoms with Gasteiger partial charge in [0.25, 0.3) is 0 Å². The zero-order valence-electron chi connectivity index (χ0n) is 8.44. The fourth-order valence-corrected chi connectivity index (χ4v) is 2.32. The zero-order valence-corrected chi connectivity index (χ0v) is 8.44. The molecule has 0 atom stereocenters. The van der Waals surface area contributed by atoms with Gasteiger partial charge in [0.05, 0.1) is 0 Å². The van der Waals surface area contributed by atoms with Crippen LogP contribution in [-0.2, 0) is 0 Å². The van der Waals surface area contributed by atoms with E-state index in [-0.39, 0.29) is 0 Å². The van der Waals surface area contributed by atoms with Crippen molar-refractivity contribution < 1.29 is 0 Å². The third kappa shape index (κ3) is 2.46. The Balaban J connectivity index is 2.04. The molecule has 0 bridgehead atoms. The average Bonchev–Trinajstić information content (AvgIpc) is 2.47. The van der Waals surface area contributed by atoms with Crippen LogP contribution in [0.1, 0.15) is 57.8 Å². The molecule has 2 aliphatic rings. The van der Waals surface area contributed by atoms with E-state index in [1.54, 1.807) is 11.1 Å². The van der Waals surface area contributed by atoms with Gasteiger partial charge in [0, 0.05) is 0 Å². The van der Waals surface area contributed by atoms with Crippen molar-refractivity contribution in [2.45, 2.75) is 57.8 Å². The third-order valence-electron chi connectivity index (χ3n) is 3.12. The first-order valence-electron chi connectivity index (χ1n) is 5.76. The molecule has 1 radical (unpaired) electrons. The van der Waals surface area contributed by atoms with Crippen LogP contribution < -0.4 is 0 Å². The van der Waals surface area contributed by atoms with E-state index >= 15 is 0 Å². The topological polar surface area (TPSA) is 0 Å². The smallest absolute Gasteiger partial charge is 0.0273 e. The molecule has 0 aromatic heterocycles. The summed E-state index contributed by atoms with van der Waals surface area (Å²) in [6.07, 6.45) is 18.1. The van der Waals surface area contributed by atoms with Gasteiger partial charge in [0.1, 0.15) is 0 Å². The van der Waals surface area contributed by atoms with Gasteiger partial charge in [-0.05, 0) is 68.6 Å². The molecule has 0 heterocycles. The summed E-state index contributed by atoms with van der Waals surface area (Å²) in [6.45, 7) is 0. The molecule has 0 nitrogen and oxygen atoms in total. The monoisotopic (exact) mass is 175 g/mol. The Hall–Kier alpha value is -0.520. The molecule has 0 fully saturated rings. The van der Waals surface area contributed by atoms with E-state index in [1.807, 2.05) is 0 Å². The van der Waals surface area contributed by atoms with E-state index in [2.05, 4.69) is 12.2 Å².